The third-order valence-electron chi connectivity index (χ3n) is 3.42. The van der Waals surface area contributed by atoms with Gasteiger partial charge in [-0.3, -0.25) is 4.79 Å². The maximum absolute atomic E-state index is 13.0. The zero-order valence-electron chi connectivity index (χ0n) is 13.1. The molecule has 0 aliphatic heterocycles. The summed E-state index contributed by atoms with van der Waals surface area (Å²) >= 11 is 0. The van der Waals surface area contributed by atoms with Crippen molar-refractivity contribution in [2.45, 2.75) is 19.9 Å². The van der Waals surface area contributed by atoms with Crippen molar-refractivity contribution in [3.05, 3.63) is 41.7 Å². The Labute approximate surface area is 128 Å². The van der Waals surface area contributed by atoms with Crippen LogP contribution in [0.1, 0.15) is 23.4 Å². The summed E-state index contributed by atoms with van der Waals surface area (Å²) in [5, 5.41) is 4.22. The Balaban J connectivity index is 2.25. The second-order valence-electron chi connectivity index (χ2n) is 5.09. The molecule has 2 rings (SSSR count). The van der Waals surface area contributed by atoms with Crippen LogP contribution in [0.4, 0.5) is 4.39 Å². The van der Waals surface area contributed by atoms with E-state index in [1.807, 2.05) is 6.92 Å². The molecule has 0 saturated carbocycles. The molecule has 0 fully saturated rings. The van der Waals surface area contributed by atoms with Crippen molar-refractivity contribution in [2.75, 3.05) is 20.8 Å². The van der Waals surface area contributed by atoms with Crippen molar-refractivity contribution in [1.82, 2.24) is 19.7 Å². The minimum atomic E-state index is -0.328. The number of ether oxygens (including phenoxy) is 1. The van der Waals surface area contributed by atoms with E-state index in [-0.39, 0.29) is 23.6 Å². The smallest absolute Gasteiger partial charge is 0.293 e. The average molecular weight is 306 g/mol. The van der Waals surface area contributed by atoms with Crippen LogP contribution in [-0.4, -0.2) is 52.4 Å². The SMILES string of the molecule is COCC(C)N(C)C(=O)c1nc(C)n(-c2ccc(F)cc2)n1. The Morgan fingerprint density at radius 2 is 2.05 bits per heavy atom. The number of likely N-dealkylation sites (N-methyl/N-ethyl adjacent to an activating group) is 1. The lowest BCUT2D eigenvalue weighted by Crippen LogP contribution is -2.38. The molecule has 0 saturated heterocycles. The molecule has 0 spiro atoms. The lowest BCUT2D eigenvalue weighted by Gasteiger charge is -2.22. The van der Waals surface area contributed by atoms with Crippen LogP contribution < -0.4 is 0 Å². The highest BCUT2D eigenvalue weighted by Crippen LogP contribution is 2.12. The highest BCUT2D eigenvalue weighted by molar-refractivity contribution is 5.90. The number of carbonyl (C=O) groups excluding carboxylic acids is 1. The molecule has 0 aliphatic carbocycles. The van der Waals surface area contributed by atoms with Gasteiger partial charge in [0.2, 0.25) is 5.82 Å². The molecule has 0 bridgehead atoms. The molecule has 1 aromatic carbocycles. The summed E-state index contributed by atoms with van der Waals surface area (Å²) in [6, 6.07) is 5.76. The molecule has 1 aromatic heterocycles. The molecular formula is C15H19FN4O2. The molecule has 6 nitrogen and oxygen atoms in total. The maximum Gasteiger partial charge on any atom is 0.293 e. The lowest BCUT2D eigenvalue weighted by molar-refractivity contribution is 0.0622. The van der Waals surface area contributed by atoms with Gasteiger partial charge < -0.3 is 9.64 Å². The van der Waals surface area contributed by atoms with Crippen LogP contribution in [0.2, 0.25) is 0 Å². The summed E-state index contributed by atoms with van der Waals surface area (Å²) in [6.45, 7) is 4.05. The predicted octanol–water partition coefficient (Wildman–Crippen LogP) is 1.82. The number of amides is 1. The van der Waals surface area contributed by atoms with Gasteiger partial charge >= 0.3 is 0 Å². The molecule has 2 aromatic rings. The Morgan fingerprint density at radius 1 is 1.41 bits per heavy atom. The van der Waals surface area contributed by atoms with Crippen molar-refractivity contribution in [3.63, 3.8) is 0 Å². The van der Waals surface area contributed by atoms with Gasteiger partial charge in [0.1, 0.15) is 11.6 Å². The van der Waals surface area contributed by atoms with E-state index < -0.39 is 0 Å². The van der Waals surface area contributed by atoms with Crippen molar-refractivity contribution in [1.29, 1.82) is 0 Å². The van der Waals surface area contributed by atoms with Gasteiger partial charge in [-0.15, -0.1) is 5.10 Å². The van der Waals surface area contributed by atoms with Gasteiger partial charge in [-0.25, -0.2) is 14.1 Å². The van der Waals surface area contributed by atoms with Crippen LogP contribution in [0.5, 0.6) is 0 Å². The molecule has 22 heavy (non-hydrogen) atoms. The van der Waals surface area contributed by atoms with E-state index in [1.165, 1.54) is 21.7 Å². The molecular weight excluding hydrogens is 287 g/mol. The first-order valence-corrected chi connectivity index (χ1v) is 6.89. The predicted molar refractivity (Wildman–Crippen MR) is 79.5 cm³/mol. The van der Waals surface area contributed by atoms with Crippen LogP contribution in [-0.2, 0) is 4.74 Å². The van der Waals surface area contributed by atoms with Gasteiger partial charge in [0.15, 0.2) is 0 Å². The number of halogens is 1. The van der Waals surface area contributed by atoms with Crippen molar-refractivity contribution >= 4 is 5.91 Å². The van der Waals surface area contributed by atoms with Crippen LogP contribution in [0.15, 0.2) is 24.3 Å². The second kappa shape index (κ2) is 6.65. The number of nitrogens with zero attached hydrogens (tertiary/aromatic N) is 4. The van der Waals surface area contributed by atoms with Crippen molar-refractivity contribution in [3.8, 4) is 5.69 Å². The third-order valence-corrected chi connectivity index (χ3v) is 3.42. The molecule has 0 aliphatic rings. The lowest BCUT2D eigenvalue weighted by atomic mass is 10.3. The highest BCUT2D eigenvalue weighted by atomic mass is 19.1. The summed E-state index contributed by atoms with van der Waals surface area (Å²) in [5.41, 5.74) is 0.651. The van der Waals surface area contributed by atoms with Crippen LogP contribution in [0.25, 0.3) is 5.69 Å². The van der Waals surface area contributed by atoms with Gasteiger partial charge in [-0.05, 0) is 38.1 Å². The van der Waals surface area contributed by atoms with Crippen LogP contribution in [0.3, 0.4) is 0 Å². The number of benzene rings is 1. The van der Waals surface area contributed by atoms with E-state index in [1.54, 1.807) is 33.2 Å². The van der Waals surface area contributed by atoms with E-state index in [2.05, 4.69) is 10.1 Å². The number of carbonyl (C=O) groups is 1. The Kier molecular flexibility index (Phi) is 4.87. The van der Waals surface area contributed by atoms with Crippen molar-refractivity contribution in [2.24, 2.45) is 0 Å². The molecule has 1 heterocycles. The minimum absolute atomic E-state index is 0.0874. The zero-order valence-corrected chi connectivity index (χ0v) is 13.1. The van der Waals surface area contributed by atoms with E-state index in [0.717, 1.165) is 0 Å². The standard InChI is InChI=1S/C15H19FN4O2/c1-10(9-22-4)19(3)15(21)14-17-11(2)20(18-14)13-7-5-12(16)6-8-13/h5-8,10H,9H2,1-4H3. The Bertz CT molecular complexity index is 654. The largest absolute Gasteiger partial charge is 0.383 e. The molecule has 7 heteroatoms. The molecule has 118 valence electrons. The van der Waals surface area contributed by atoms with Gasteiger partial charge in [-0.1, -0.05) is 0 Å². The first kappa shape index (κ1) is 16.1. The van der Waals surface area contributed by atoms with Crippen molar-refractivity contribution < 1.29 is 13.9 Å². The summed E-state index contributed by atoms with van der Waals surface area (Å²) < 4.78 is 19.5. The molecule has 1 amide bonds. The third kappa shape index (κ3) is 3.30. The Morgan fingerprint density at radius 3 is 2.64 bits per heavy atom. The fourth-order valence-corrected chi connectivity index (χ4v) is 2.02. The first-order chi connectivity index (χ1) is 10.4. The second-order valence-corrected chi connectivity index (χ2v) is 5.09. The minimum Gasteiger partial charge on any atom is -0.383 e. The van der Waals surface area contributed by atoms with Gasteiger partial charge in [0.25, 0.3) is 5.91 Å². The quantitative estimate of drug-likeness (QED) is 0.845. The average Bonchev–Trinajstić information content (AvgIpc) is 2.88. The van der Waals surface area contributed by atoms with Gasteiger partial charge in [-0.2, -0.15) is 0 Å². The normalized spacial score (nSPS) is 12.2. The molecule has 1 unspecified atom stereocenters. The Hall–Kier alpha value is -2.28. The molecule has 0 radical (unpaired) electrons. The summed E-state index contributed by atoms with van der Waals surface area (Å²) in [7, 11) is 3.26. The van der Waals surface area contributed by atoms with E-state index >= 15 is 0 Å². The fraction of sp³-hybridized carbons (Fsp3) is 0.400. The van der Waals surface area contributed by atoms with E-state index in [0.29, 0.717) is 18.1 Å². The number of methoxy groups -OCH3 is 1. The topological polar surface area (TPSA) is 60.2 Å². The first-order valence-electron chi connectivity index (χ1n) is 6.89. The van der Waals surface area contributed by atoms with Crippen LogP contribution in [0, 0.1) is 12.7 Å². The maximum atomic E-state index is 13.0. The monoisotopic (exact) mass is 306 g/mol. The zero-order chi connectivity index (χ0) is 16.3. The number of aromatic nitrogens is 3. The van der Waals surface area contributed by atoms with Crippen LogP contribution >= 0.6 is 0 Å². The van der Waals surface area contributed by atoms with Gasteiger partial charge in [0, 0.05) is 14.2 Å². The summed E-state index contributed by atoms with van der Waals surface area (Å²) in [6.07, 6.45) is 0. The molecule has 1 atom stereocenters. The molecule has 0 N–H and O–H groups in total. The number of aryl methyl sites for hydroxylation is 1. The van der Waals surface area contributed by atoms with Gasteiger partial charge in [0.05, 0.1) is 18.3 Å². The number of hydrogen-bond donors (Lipinski definition) is 0. The van der Waals surface area contributed by atoms with E-state index in [4.69, 9.17) is 4.74 Å². The highest BCUT2D eigenvalue weighted by Gasteiger charge is 2.22. The number of rotatable bonds is 5. The number of hydrogen-bond acceptors (Lipinski definition) is 4. The summed E-state index contributed by atoms with van der Waals surface area (Å²) in [5.74, 6) is 0.0504. The summed E-state index contributed by atoms with van der Waals surface area (Å²) in [4.78, 5) is 18.1. The van der Waals surface area contributed by atoms with E-state index in [9.17, 15) is 9.18 Å². The fourth-order valence-electron chi connectivity index (χ4n) is 2.02.